The van der Waals surface area contributed by atoms with E-state index in [1.54, 1.807) is 0 Å². The first-order chi connectivity index (χ1) is 13.6. The van der Waals surface area contributed by atoms with Gasteiger partial charge in [-0.25, -0.2) is 4.68 Å². The molecule has 0 bridgehead atoms. The van der Waals surface area contributed by atoms with Gasteiger partial charge in [0.25, 0.3) is 5.91 Å². The van der Waals surface area contributed by atoms with Crippen LogP contribution in [0.5, 0.6) is 0 Å². The van der Waals surface area contributed by atoms with Crippen molar-refractivity contribution in [2.45, 2.75) is 20.4 Å². The number of piperazine rings is 1. The molecular weight excluding hydrogens is 348 g/mol. The van der Waals surface area contributed by atoms with E-state index in [-0.39, 0.29) is 5.91 Å². The summed E-state index contributed by atoms with van der Waals surface area (Å²) >= 11 is 0. The summed E-state index contributed by atoms with van der Waals surface area (Å²) in [6, 6.07) is 20.3. The zero-order valence-electron chi connectivity index (χ0n) is 16.5. The number of rotatable bonds is 4. The van der Waals surface area contributed by atoms with E-state index in [0.29, 0.717) is 0 Å². The summed E-state index contributed by atoms with van der Waals surface area (Å²) < 4.78 is 1.89. The van der Waals surface area contributed by atoms with Crippen LogP contribution in [0.3, 0.4) is 0 Å². The molecule has 0 aliphatic carbocycles. The van der Waals surface area contributed by atoms with Gasteiger partial charge in [-0.2, -0.15) is 5.10 Å². The Balaban J connectivity index is 1.42. The van der Waals surface area contributed by atoms with Crippen LogP contribution in [0.2, 0.25) is 0 Å². The predicted molar refractivity (Wildman–Crippen MR) is 111 cm³/mol. The van der Waals surface area contributed by atoms with E-state index in [1.165, 1.54) is 5.56 Å². The second kappa shape index (κ2) is 7.98. The third kappa shape index (κ3) is 3.99. The molecule has 1 aromatic heterocycles. The van der Waals surface area contributed by atoms with Gasteiger partial charge >= 0.3 is 0 Å². The molecule has 5 nitrogen and oxygen atoms in total. The number of amides is 1. The van der Waals surface area contributed by atoms with Crippen LogP contribution in [-0.4, -0.2) is 51.7 Å². The van der Waals surface area contributed by atoms with Crippen LogP contribution in [0.4, 0.5) is 0 Å². The lowest BCUT2D eigenvalue weighted by Crippen LogP contribution is -2.48. The van der Waals surface area contributed by atoms with Crippen molar-refractivity contribution >= 4 is 5.91 Å². The fourth-order valence-electron chi connectivity index (χ4n) is 3.79. The van der Waals surface area contributed by atoms with Gasteiger partial charge in [0.05, 0.1) is 11.4 Å². The predicted octanol–water partition coefficient (Wildman–Crippen LogP) is 3.45. The number of carbonyl (C=O) groups excluding carboxylic acids is 1. The minimum Gasteiger partial charge on any atom is -0.336 e. The number of hydrogen-bond acceptors (Lipinski definition) is 3. The van der Waals surface area contributed by atoms with Crippen molar-refractivity contribution in [3.8, 4) is 5.69 Å². The summed E-state index contributed by atoms with van der Waals surface area (Å²) in [6.07, 6.45) is 0. The average Bonchev–Trinajstić information content (AvgIpc) is 3.07. The zero-order chi connectivity index (χ0) is 19.5. The fourth-order valence-corrected chi connectivity index (χ4v) is 3.79. The zero-order valence-corrected chi connectivity index (χ0v) is 16.5. The lowest BCUT2D eigenvalue weighted by molar-refractivity contribution is 0.0628. The average molecular weight is 374 g/mol. The molecule has 1 saturated heterocycles. The van der Waals surface area contributed by atoms with E-state index in [0.717, 1.165) is 55.4 Å². The van der Waals surface area contributed by atoms with Gasteiger partial charge < -0.3 is 4.90 Å². The molecule has 1 aliphatic rings. The molecule has 1 aliphatic heterocycles. The first-order valence-electron chi connectivity index (χ1n) is 9.79. The van der Waals surface area contributed by atoms with Crippen LogP contribution < -0.4 is 0 Å². The molecule has 0 saturated carbocycles. The number of nitrogens with zero attached hydrogens (tertiary/aromatic N) is 4. The van der Waals surface area contributed by atoms with Crippen LogP contribution >= 0.6 is 0 Å². The van der Waals surface area contributed by atoms with E-state index in [2.05, 4.69) is 34.3 Å². The number of aryl methyl sites for hydroxylation is 2. The van der Waals surface area contributed by atoms with Crippen LogP contribution in [0.15, 0.2) is 60.7 Å². The Hall–Kier alpha value is -2.92. The number of benzene rings is 2. The van der Waals surface area contributed by atoms with Crippen LogP contribution in [0, 0.1) is 13.8 Å². The third-order valence-electron chi connectivity index (χ3n) is 5.26. The smallest absolute Gasteiger partial charge is 0.254 e. The Morgan fingerprint density at radius 1 is 0.929 bits per heavy atom. The highest BCUT2D eigenvalue weighted by atomic mass is 16.2. The third-order valence-corrected chi connectivity index (χ3v) is 5.26. The molecule has 1 fully saturated rings. The van der Waals surface area contributed by atoms with Crippen LogP contribution in [-0.2, 0) is 6.54 Å². The Bertz CT molecular complexity index is 956. The molecule has 1 amide bonds. The summed E-state index contributed by atoms with van der Waals surface area (Å²) in [5, 5.41) is 4.53. The van der Waals surface area contributed by atoms with Gasteiger partial charge in [0.15, 0.2) is 0 Å². The summed E-state index contributed by atoms with van der Waals surface area (Å²) in [5.74, 6) is 0.0998. The molecule has 2 aromatic carbocycles. The molecule has 3 aromatic rings. The molecule has 2 heterocycles. The minimum absolute atomic E-state index is 0.0998. The SMILES string of the molecule is Cc1cc(C)n(-c2cccc(C(=O)N3CCN(Cc4ccccc4)CC3)c2)n1. The van der Waals surface area contributed by atoms with Gasteiger partial charge in [0, 0.05) is 44.0 Å². The van der Waals surface area contributed by atoms with Gasteiger partial charge in [0.1, 0.15) is 0 Å². The molecule has 4 rings (SSSR count). The molecule has 0 radical (unpaired) electrons. The maximum absolute atomic E-state index is 13.0. The largest absolute Gasteiger partial charge is 0.336 e. The lowest BCUT2D eigenvalue weighted by Gasteiger charge is -2.34. The molecule has 5 heteroatoms. The van der Waals surface area contributed by atoms with Crippen molar-refractivity contribution in [1.82, 2.24) is 19.6 Å². The Kier molecular flexibility index (Phi) is 5.26. The number of carbonyl (C=O) groups is 1. The van der Waals surface area contributed by atoms with Gasteiger partial charge in [-0.1, -0.05) is 36.4 Å². The van der Waals surface area contributed by atoms with Crippen molar-refractivity contribution in [3.05, 3.63) is 83.2 Å². The van der Waals surface area contributed by atoms with E-state index in [4.69, 9.17) is 0 Å². The molecular formula is C23H26N4O. The first-order valence-corrected chi connectivity index (χ1v) is 9.79. The molecule has 0 spiro atoms. The summed E-state index contributed by atoms with van der Waals surface area (Å²) in [5.41, 5.74) is 5.01. The van der Waals surface area contributed by atoms with E-state index in [1.807, 2.05) is 59.8 Å². The van der Waals surface area contributed by atoms with Crippen LogP contribution in [0.25, 0.3) is 5.69 Å². The molecule has 0 N–H and O–H groups in total. The van der Waals surface area contributed by atoms with Crippen molar-refractivity contribution in [1.29, 1.82) is 0 Å². The van der Waals surface area contributed by atoms with E-state index < -0.39 is 0 Å². The Morgan fingerprint density at radius 2 is 1.68 bits per heavy atom. The van der Waals surface area contributed by atoms with E-state index >= 15 is 0 Å². The Labute approximate surface area is 166 Å². The van der Waals surface area contributed by atoms with Gasteiger partial charge in [-0.15, -0.1) is 0 Å². The van der Waals surface area contributed by atoms with Crippen LogP contribution in [0.1, 0.15) is 27.3 Å². The van der Waals surface area contributed by atoms with Gasteiger partial charge in [-0.05, 0) is 43.7 Å². The van der Waals surface area contributed by atoms with Gasteiger partial charge in [-0.3, -0.25) is 9.69 Å². The lowest BCUT2D eigenvalue weighted by atomic mass is 10.1. The van der Waals surface area contributed by atoms with Crippen molar-refractivity contribution in [3.63, 3.8) is 0 Å². The standard InChI is InChI=1S/C23H26N4O/c1-18-15-19(2)27(24-18)22-10-6-9-21(16-22)23(28)26-13-11-25(12-14-26)17-20-7-4-3-5-8-20/h3-10,15-16H,11-14,17H2,1-2H3. The molecule has 0 atom stereocenters. The van der Waals surface area contributed by atoms with E-state index in [9.17, 15) is 4.79 Å². The second-order valence-corrected chi connectivity index (χ2v) is 7.44. The fraction of sp³-hybridized carbons (Fsp3) is 0.304. The quantitative estimate of drug-likeness (QED) is 0.702. The number of aromatic nitrogens is 2. The highest BCUT2D eigenvalue weighted by Crippen LogP contribution is 2.16. The Morgan fingerprint density at radius 3 is 2.36 bits per heavy atom. The monoisotopic (exact) mass is 374 g/mol. The topological polar surface area (TPSA) is 41.4 Å². The maximum atomic E-state index is 13.0. The van der Waals surface area contributed by atoms with Crippen molar-refractivity contribution in [2.24, 2.45) is 0 Å². The summed E-state index contributed by atoms with van der Waals surface area (Å²) in [7, 11) is 0. The summed E-state index contributed by atoms with van der Waals surface area (Å²) in [6.45, 7) is 8.27. The van der Waals surface area contributed by atoms with Crippen molar-refractivity contribution < 1.29 is 4.79 Å². The number of hydrogen-bond donors (Lipinski definition) is 0. The highest BCUT2D eigenvalue weighted by molar-refractivity contribution is 5.94. The maximum Gasteiger partial charge on any atom is 0.254 e. The first kappa shape index (κ1) is 18.4. The highest BCUT2D eigenvalue weighted by Gasteiger charge is 2.22. The second-order valence-electron chi connectivity index (χ2n) is 7.44. The molecule has 28 heavy (non-hydrogen) atoms. The molecule has 0 unspecified atom stereocenters. The molecule has 144 valence electrons. The normalized spacial score (nSPS) is 15.0. The summed E-state index contributed by atoms with van der Waals surface area (Å²) in [4.78, 5) is 17.4. The van der Waals surface area contributed by atoms with Crippen molar-refractivity contribution in [2.75, 3.05) is 26.2 Å². The minimum atomic E-state index is 0.0998. The van der Waals surface area contributed by atoms with Gasteiger partial charge in [0.2, 0.25) is 0 Å².